The number of nitrogens with one attached hydrogen (secondary N) is 1. The number of alkyl halides is 1. The minimum atomic E-state index is 0.480. The summed E-state index contributed by atoms with van der Waals surface area (Å²) >= 11 is 3.31. The van der Waals surface area contributed by atoms with Crippen LogP contribution in [0.3, 0.4) is 0 Å². The zero-order valence-electron chi connectivity index (χ0n) is 39.9. The lowest BCUT2D eigenvalue weighted by molar-refractivity contribution is 0.200. The Bertz CT molecular complexity index is 3010. The monoisotopic (exact) mass is 986 g/mol. The van der Waals surface area contributed by atoms with Crippen LogP contribution in [0, 0.1) is 13.1 Å². The zero-order valence-corrected chi connectivity index (χ0v) is 41.5. The minimum absolute atomic E-state index is 0.480. The van der Waals surface area contributed by atoms with Gasteiger partial charge in [-0.2, -0.15) is 10.2 Å². The zero-order chi connectivity index (χ0) is 48.7. The number of benzene rings is 4. The van der Waals surface area contributed by atoms with E-state index in [4.69, 9.17) is 18.3 Å². The predicted molar refractivity (Wildman–Crippen MR) is 281 cm³/mol. The third kappa shape index (κ3) is 11.6. The van der Waals surface area contributed by atoms with Crippen molar-refractivity contribution in [2.24, 2.45) is 14.1 Å². The molecule has 4 aromatic carbocycles. The molecular formula is C53H59BrN14O. The molecule has 15 nitrogen and oxygen atoms in total. The molecule has 2 aliphatic rings. The van der Waals surface area contributed by atoms with E-state index < -0.39 is 0 Å². The van der Waals surface area contributed by atoms with E-state index in [1.165, 1.54) is 0 Å². The highest BCUT2D eigenvalue weighted by Crippen LogP contribution is 2.34. The van der Waals surface area contributed by atoms with E-state index in [9.17, 15) is 0 Å². The van der Waals surface area contributed by atoms with Crippen molar-refractivity contribution in [2.75, 3.05) is 57.2 Å². The van der Waals surface area contributed by atoms with Gasteiger partial charge in [0.25, 0.3) is 0 Å². The fourth-order valence-corrected chi connectivity index (χ4v) is 9.49. The first-order valence-electron chi connectivity index (χ1n) is 23.1. The first-order chi connectivity index (χ1) is 33.8. The number of halogens is 1. The normalized spacial score (nSPS) is 13.9. The molecule has 0 amide bonds. The fraction of sp³-hybridized carbons (Fsp3) is 0.321. The molecule has 0 atom stereocenters. The van der Waals surface area contributed by atoms with E-state index in [-0.39, 0.29) is 0 Å². The quantitative estimate of drug-likeness (QED) is 0.106. The molecule has 2 aliphatic heterocycles. The highest BCUT2D eigenvalue weighted by molar-refractivity contribution is 9.08. The SMILES string of the molecule is CNC1CCN(c2nnc(-c3ccnn3C)c3ccccc23)CC1.CO.[C-]#[N+]c1ccccc1CBr.[C-]#[N+]c1ccccc1CN(C)C1CCN(c2nnc(-c3ccnn3C)c3ccccc23)CC1. The lowest BCUT2D eigenvalue weighted by Gasteiger charge is -2.37. The Balaban J connectivity index is 0.000000170. The maximum absolute atomic E-state index is 7.42. The number of anilines is 2. The molecule has 0 radical (unpaired) electrons. The summed E-state index contributed by atoms with van der Waals surface area (Å²) in [5.41, 5.74) is 7.33. The van der Waals surface area contributed by atoms with Gasteiger partial charge in [0.05, 0.1) is 24.5 Å². The lowest BCUT2D eigenvalue weighted by atomic mass is 10.0. The number of nitrogens with zero attached hydrogens (tertiary/aromatic N) is 13. The first kappa shape index (κ1) is 49.8. The molecule has 0 bridgehead atoms. The van der Waals surface area contributed by atoms with Crippen molar-refractivity contribution in [2.45, 2.75) is 49.6 Å². The van der Waals surface area contributed by atoms with E-state index in [1.54, 1.807) is 12.4 Å². The molecule has 2 saturated heterocycles. The smallest absolute Gasteiger partial charge is 0.191 e. The summed E-state index contributed by atoms with van der Waals surface area (Å²) in [5.74, 6) is 1.95. The van der Waals surface area contributed by atoms with Gasteiger partial charge in [-0.05, 0) is 63.0 Å². The van der Waals surface area contributed by atoms with Crippen molar-refractivity contribution < 1.29 is 5.11 Å². The van der Waals surface area contributed by atoms with Crippen LogP contribution in [0.1, 0.15) is 36.8 Å². The number of aromatic nitrogens is 8. The highest BCUT2D eigenvalue weighted by atomic mass is 79.9. The highest BCUT2D eigenvalue weighted by Gasteiger charge is 2.26. The second-order valence-electron chi connectivity index (χ2n) is 16.8. The van der Waals surface area contributed by atoms with Crippen molar-refractivity contribution in [3.63, 3.8) is 0 Å². The fourth-order valence-electron chi connectivity index (χ4n) is 9.02. The summed E-state index contributed by atoms with van der Waals surface area (Å²) in [4.78, 5) is 14.1. The third-order valence-electron chi connectivity index (χ3n) is 12.8. The van der Waals surface area contributed by atoms with Gasteiger partial charge < -0.3 is 25.1 Å². The van der Waals surface area contributed by atoms with Crippen LogP contribution in [0.5, 0.6) is 0 Å². The van der Waals surface area contributed by atoms with Gasteiger partial charge in [0.1, 0.15) is 11.4 Å². The summed E-state index contributed by atoms with van der Waals surface area (Å²) in [6.07, 6.45) is 7.96. The molecular weight excluding hydrogens is 929 g/mol. The van der Waals surface area contributed by atoms with E-state index in [0.717, 1.165) is 149 Å². The van der Waals surface area contributed by atoms with Gasteiger partial charge in [-0.25, -0.2) is 9.69 Å². The van der Waals surface area contributed by atoms with Crippen LogP contribution in [0.15, 0.2) is 122 Å². The summed E-state index contributed by atoms with van der Waals surface area (Å²) in [7, 11) is 9.07. The number of aryl methyl sites for hydroxylation is 2. The maximum atomic E-state index is 7.42. The van der Waals surface area contributed by atoms with Crippen LogP contribution in [0.2, 0.25) is 0 Å². The summed E-state index contributed by atoms with van der Waals surface area (Å²) in [6, 6.07) is 37.3. The Morgan fingerprint density at radius 3 is 1.45 bits per heavy atom. The number of hydrogen-bond donors (Lipinski definition) is 2. The van der Waals surface area contributed by atoms with Crippen molar-refractivity contribution in [3.05, 3.63) is 156 Å². The molecule has 10 rings (SSSR count). The molecule has 0 aliphatic carbocycles. The molecule has 0 spiro atoms. The first-order valence-corrected chi connectivity index (χ1v) is 24.2. The Morgan fingerprint density at radius 2 is 1.03 bits per heavy atom. The van der Waals surface area contributed by atoms with Gasteiger partial charge in [-0.15, -0.1) is 20.4 Å². The standard InChI is InChI=1S/C26H27N7.C18H22N6.C8H6BrN.CH4O/c1-27-23-11-7-4-8-19(23)18-31(2)20-13-16-33(17-14-20)26-22-10-6-5-9-21(22)25(29-30-26)24-12-15-28-32(24)3;1-19-13-8-11-24(12-9-13)18-15-6-4-3-5-14(15)17(21-22-18)16-7-10-20-23(16)2;1-10-8-5-3-2-4-7(8)6-9;1-2/h4-12,15,20H,13-14,16-18H2,2-3H3;3-7,10,13,19H,8-9,11-12H2,1-2H3;2-5H,6H2;2H,1H3. The summed E-state index contributed by atoms with van der Waals surface area (Å²) in [5, 5.41) is 42.6. The number of piperidine rings is 2. The Labute approximate surface area is 413 Å². The third-order valence-corrected chi connectivity index (χ3v) is 13.4. The van der Waals surface area contributed by atoms with E-state index in [1.807, 2.05) is 85.1 Å². The van der Waals surface area contributed by atoms with Crippen molar-refractivity contribution >= 4 is 60.5 Å². The maximum Gasteiger partial charge on any atom is 0.191 e. The van der Waals surface area contributed by atoms with Gasteiger partial charge >= 0.3 is 0 Å². The number of hydrogen-bond acceptors (Lipinski definition) is 11. The van der Waals surface area contributed by atoms with Crippen LogP contribution in [-0.4, -0.2) is 109 Å². The van der Waals surface area contributed by atoms with Crippen LogP contribution in [0.4, 0.5) is 23.0 Å². The predicted octanol–water partition coefficient (Wildman–Crippen LogP) is 9.64. The summed E-state index contributed by atoms with van der Waals surface area (Å²) < 4.78 is 3.68. The summed E-state index contributed by atoms with van der Waals surface area (Å²) in [6.45, 7) is 18.9. The molecule has 2 N–H and O–H groups in total. The molecule has 69 heavy (non-hydrogen) atoms. The molecule has 0 saturated carbocycles. The molecule has 16 heteroatoms. The number of fused-ring (bicyclic) bond motifs is 2. The largest absolute Gasteiger partial charge is 0.400 e. The number of rotatable bonds is 9. The van der Waals surface area contributed by atoms with Crippen LogP contribution in [-0.2, 0) is 26.0 Å². The molecule has 354 valence electrons. The number of aliphatic hydroxyl groups is 1. The van der Waals surface area contributed by atoms with Gasteiger partial charge in [-0.1, -0.05) is 113 Å². The average molecular weight is 988 g/mol. The number of aliphatic hydroxyl groups excluding tert-OH is 1. The second-order valence-corrected chi connectivity index (χ2v) is 17.4. The average Bonchev–Trinajstić information content (AvgIpc) is 4.06. The molecule has 8 aromatic rings. The van der Waals surface area contributed by atoms with E-state index in [2.05, 4.69) is 138 Å². The van der Waals surface area contributed by atoms with Gasteiger partial charge in [0.2, 0.25) is 0 Å². The van der Waals surface area contributed by atoms with Crippen molar-refractivity contribution in [3.8, 4) is 22.8 Å². The van der Waals surface area contributed by atoms with Crippen molar-refractivity contribution in [1.82, 2.24) is 50.2 Å². The van der Waals surface area contributed by atoms with Crippen LogP contribution in [0.25, 0.3) is 54.0 Å². The van der Waals surface area contributed by atoms with Gasteiger partial charge in [-0.3, -0.25) is 9.36 Å². The topological polar surface area (TPSA) is 138 Å². The van der Waals surface area contributed by atoms with Crippen LogP contribution >= 0.6 is 15.9 Å². The van der Waals surface area contributed by atoms with Crippen LogP contribution < -0.4 is 15.1 Å². The second kappa shape index (κ2) is 24.3. The van der Waals surface area contributed by atoms with E-state index >= 15 is 0 Å². The van der Waals surface area contributed by atoms with E-state index in [0.29, 0.717) is 12.1 Å². The molecule has 2 fully saturated rings. The molecule has 0 unspecified atom stereocenters. The Hall–Kier alpha value is -7.08. The van der Waals surface area contributed by atoms with Crippen molar-refractivity contribution in [1.29, 1.82) is 0 Å². The molecule has 6 heterocycles. The lowest BCUT2D eigenvalue weighted by Crippen LogP contribution is -2.43. The minimum Gasteiger partial charge on any atom is -0.400 e. The number of para-hydroxylation sites is 2. The Kier molecular flexibility index (Phi) is 17.5. The van der Waals surface area contributed by atoms with Gasteiger partial charge in [0, 0.05) is 105 Å². The Morgan fingerprint density at radius 1 is 0.609 bits per heavy atom. The van der Waals surface area contributed by atoms with Gasteiger partial charge in [0.15, 0.2) is 23.0 Å². The molecule has 4 aromatic heterocycles.